The summed E-state index contributed by atoms with van der Waals surface area (Å²) in [6, 6.07) is 1.19. The molecule has 1 amide bonds. The lowest BCUT2D eigenvalue weighted by molar-refractivity contribution is -0.120. The van der Waals surface area contributed by atoms with E-state index in [1.807, 2.05) is 0 Å². The van der Waals surface area contributed by atoms with Gasteiger partial charge in [0.15, 0.2) is 11.6 Å². The highest BCUT2D eigenvalue weighted by Gasteiger charge is 2.09. The summed E-state index contributed by atoms with van der Waals surface area (Å²) in [6.07, 6.45) is 0.131. The molecule has 1 aromatic rings. The summed E-state index contributed by atoms with van der Waals surface area (Å²) in [6.45, 7) is 2.44. The van der Waals surface area contributed by atoms with Crippen molar-refractivity contribution in [3.05, 3.63) is 29.6 Å². The van der Waals surface area contributed by atoms with Crippen molar-refractivity contribution in [2.45, 2.75) is 13.3 Å². The molecule has 0 fully saturated rings. The Bertz CT molecular complexity index is 410. The van der Waals surface area contributed by atoms with Crippen LogP contribution < -0.4 is 10.6 Å². The smallest absolute Gasteiger partial charge is 0.221 e. The van der Waals surface area contributed by atoms with Gasteiger partial charge in [-0.3, -0.25) is 4.79 Å². The van der Waals surface area contributed by atoms with Crippen LogP contribution in [0.2, 0.25) is 0 Å². The fraction of sp³-hybridized carbons (Fsp3) is 0.364. The number of carbonyl (C=O) groups is 1. The first-order chi connectivity index (χ1) is 8.04. The zero-order valence-corrected chi connectivity index (χ0v) is 9.32. The lowest BCUT2D eigenvalue weighted by atomic mass is 10.2. The van der Waals surface area contributed by atoms with Crippen LogP contribution >= 0.6 is 0 Å². The number of hydrogen-bond donors (Lipinski definition) is 2. The molecule has 6 heteroatoms. The van der Waals surface area contributed by atoms with E-state index in [-0.39, 0.29) is 24.6 Å². The molecule has 2 N–H and O–H groups in total. The molecule has 0 spiro atoms. The topological polar surface area (TPSA) is 41.1 Å². The van der Waals surface area contributed by atoms with Crippen LogP contribution in [0, 0.1) is 17.5 Å². The third-order valence-electron chi connectivity index (χ3n) is 2.05. The monoisotopic (exact) mass is 246 g/mol. The molecule has 0 heterocycles. The second-order valence-electron chi connectivity index (χ2n) is 3.38. The minimum Gasteiger partial charge on any atom is -0.382 e. The summed E-state index contributed by atoms with van der Waals surface area (Å²) in [5.41, 5.74) is -0.159. The van der Waals surface area contributed by atoms with Gasteiger partial charge in [-0.25, -0.2) is 13.2 Å². The van der Waals surface area contributed by atoms with Crippen molar-refractivity contribution >= 4 is 11.6 Å². The van der Waals surface area contributed by atoms with Crippen LogP contribution in [0.4, 0.5) is 18.9 Å². The van der Waals surface area contributed by atoms with Crippen molar-refractivity contribution < 1.29 is 18.0 Å². The second-order valence-corrected chi connectivity index (χ2v) is 3.38. The van der Waals surface area contributed by atoms with Gasteiger partial charge in [-0.15, -0.1) is 0 Å². The molecule has 0 unspecified atom stereocenters. The molecule has 0 saturated heterocycles. The third-order valence-corrected chi connectivity index (χ3v) is 2.05. The summed E-state index contributed by atoms with van der Waals surface area (Å²) >= 11 is 0. The van der Waals surface area contributed by atoms with Gasteiger partial charge < -0.3 is 10.6 Å². The van der Waals surface area contributed by atoms with E-state index in [1.165, 1.54) is 0 Å². The summed E-state index contributed by atoms with van der Waals surface area (Å²) in [7, 11) is 0. The van der Waals surface area contributed by atoms with Crippen molar-refractivity contribution in [1.29, 1.82) is 0 Å². The Balaban J connectivity index is 2.52. The Morgan fingerprint density at radius 1 is 1.18 bits per heavy atom. The summed E-state index contributed by atoms with van der Waals surface area (Å²) < 4.78 is 38.5. The summed E-state index contributed by atoms with van der Waals surface area (Å²) in [4.78, 5) is 11.1. The van der Waals surface area contributed by atoms with E-state index in [1.54, 1.807) is 6.92 Å². The molecule has 0 bridgehead atoms. The fourth-order valence-corrected chi connectivity index (χ4v) is 1.25. The van der Waals surface area contributed by atoms with Crippen molar-refractivity contribution in [2.24, 2.45) is 0 Å². The standard InChI is InChI=1S/C11H13F3N2O/c1-2-15-11(17)3-4-16-10-6-8(13)7(12)5-9(10)14/h5-6,16H,2-4H2,1H3,(H,15,17). The molecule has 0 aliphatic rings. The minimum absolute atomic E-state index is 0.131. The Labute approximate surface area is 97.0 Å². The molecular weight excluding hydrogens is 233 g/mol. The van der Waals surface area contributed by atoms with Crippen LogP contribution in [0.1, 0.15) is 13.3 Å². The number of benzene rings is 1. The van der Waals surface area contributed by atoms with Crippen molar-refractivity contribution in [2.75, 3.05) is 18.4 Å². The van der Waals surface area contributed by atoms with Crippen LogP contribution in [-0.2, 0) is 4.79 Å². The van der Waals surface area contributed by atoms with Crippen molar-refractivity contribution in [3.63, 3.8) is 0 Å². The first kappa shape index (κ1) is 13.3. The number of carbonyl (C=O) groups excluding carboxylic acids is 1. The zero-order valence-electron chi connectivity index (χ0n) is 9.32. The first-order valence-corrected chi connectivity index (χ1v) is 5.19. The lowest BCUT2D eigenvalue weighted by Crippen LogP contribution is -2.24. The number of amides is 1. The van der Waals surface area contributed by atoms with Gasteiger partial charge >= 0.3 is 0 Å². The Hall–Kier alpha value is -1.72. The molecule has 0 radical (unpaired) electrons. The van der Waals surface area contributed by atoms with Gasteiger partial charge in [-0.05, 0) is 6.92 Å². The normalized spacial score (nSPS) is 10.1. The molecule has 0 atom stereocenters. The highest BCUT2D eigenvalue weighted by Crippen LogP contribution is 2.18. The van der Waals surface area contributed by atoms with Crippen LogP contribution in [0.3, 0.4) is 0 Å². The van der Waals surface area contributed by atoms with Crippen LogP contribution in [0.5, 0.6) is 0 Å². The van der Waals surface area contributed by atoms with Crippen LogP contribution in [0.15, 0.2) is 12.1 Å². The van der Waals surface area contributed by atoms with Gasteiger partial charge in [0.1, 0.15) is 5.82 Å². The molecule has 3 nitrogen and oxygen atoms in total. The largest absolute Gasteiger partial charge is 0.382 e. The van der Waals surface area contributed by atoms with Crippen molar-refractivity contribution in [3.8, 4) is 0 Å². The number of rotatable bonds is 5. The maximum Gasteiger partial charge on any atom is 0.221 e. The van der Waals surface area contributed by atoms with E-state index in [0.717, 1.165) is 6.07 Å². The van der Waals surface area contributed by atoms with E-state index in [4.69, 9.17) is 0 Å². The molecule has 0 aromatic heterocycles. The van der Waals surface area contributed by atoms with Crippen LogP contribution in [0.25, 0.3) is 0 Å². The van der Waals surface area contributed by atoms with E-state index in [2.05, 4.69) is 10.6 Å². The summed E-state index contributed by atoms with van der Waals surface area (Å²) in [5.74, 6) is -3.45. The summed E-state index contributed by atoms with van der Waals surface area (Å²) in [5, 5.41) is 5.09. The van der Waals surface area contributed by atoms with Gasteiger partial charge in [0.2, 0.25) is 5.91 Å². The fourth-order valence-electron chi connectivity index (χ4n) is 1.25. The maximum absolute atomic E-state index is 13.1. The highest BCUT2D eigenvalue weighted by atomic mass is 19.2. The minimum atomic E-state index is -1.24. The molecule has 17 heavy (non-hydrogen) atoms. The highest BCUT2D eigenvalue weighted by molar-refractivity contribution is 5.76. The van der Waals surface area contributed by atoms with Gasteiger partial charge in [0.05, 0.1) is 5.69 Å². The number of anilines is 1. The number of halogens is 3. The molecular formula is C11H13F3N2O. The lowest BCUT2D eigenvalue weighted by Gasteiger charge is -2.08. The Kier molecular flexibility index (Phi) is 4.81. The third kappa shape index (κ3) is 3.97. The molecule has 94 valence electrons. The quantitative estimate of drug-likeness (QED) is 0.781. The average Bonchev–Trinajstić information content (AvgIpc) is 2.26. The molecule has 1 rings (SSSR count). The number of hydrogen-bond acceptors (Lipinski definition) is 2. The van der Waals surface area contributed by atoms with Crippen molar-refractivity contribution in [1.82, 2.24) is 5.32 Å². The predicted molar refractivity (Wildman–Crippen MR) is 58.1 cm³/mol. The second kappa shape index (κ2) is 6.12. The first-order valence-electron chi connectivity index (χ1n) is 5.19. The average molecular weight is 246 g/mol. The van der Waals surface area contributed by atoms with Gasteiger partial charge in [0, 0.05) is 31.6 Å². The van der Waals surface area contributed by atoms with E-state index in [9.17, 15) is 18.0 Å². The Morgan fingerprint density at radius 2 is 1.82 bits per heavy atom. The van der Waals surface area contributed by atoms with Gasteiger partial charge in [-0.1, -0.05) is 0 Å². The van der Waals surface area contributed by atoms with E-state index >= 15 is 0 Å². The maximum atomic E-state index is 13.1. The predicted octanol–water partition coefficient (Wildman–Crippen LogP) is 2.04. The number of nitrogens with one attached hydrogen (secondary N) is 2. The van der Waals surface area contributed by atoms with E-state index < -0.39 is 17.5 Å². The van der Waals surface area contributed by atoms with Crippen LogP contribution in [-0.4, -0.2) is 19.0 Å². The van der Waals surface area contributed by atoms with Gasteiger partial charge in [0.25, 0.3) is 0 Å². The Morgan fingerprint density at radius 3 is 2.47 bits per heavy atom. The SMILES string of the molecule is CCNC(=O)CCNc1cc(F)c(F)cc1F. The zero-order chi connectivity index (χ0) is 12.8. The van der Waals surface area contributed by atoms with Gasteiger partial charge in [-0.2, -0.15) is 0 Å². The van der Waals surface area contributed by atoms with E-state index in [0.29, 0.717) is 12.6 Å². The molecule has 0 aliphatic carbocycles. The molecule has 1 aromatic carbocycles. The molecule has 0 aliphatic heterocycles. The molecule has 0 saturated carbocycles.